The fraction of sp³-hybridized carbons (Fsp3) is 0.211. The van der Waals surface area contributed by atoms with Crippen LogP contribution in [0.5, 0.6) is 0 Å². The van der Waals surface area contributed by atoms with Gasteiger partial charge in [-0.25, -0.2) is 8.78 Å². The highest BCUT2D eigenvalue weighted by atomic mass is 19.1. The molecule has 2 amide bonds. The predicted molar refractivity (Wildman–Crippen MR) is 90.5 cm³/mol. The molecule has 134 valence electrons. The molecule has 5 nitrogen and oxygen atoms in total. The first kappa shape index (κ1) is 17.7. The molecule has 2 aromatic carbocycles. The van der Waals surface area contributed by atoms with Crippen LogP contribution in [0, 0.1) is 17.6 Å². The maximum Gasteiger partial charge on any atom is 0.231 e. The van der Waals surface area contributed by atoms with Crippen LogP contribution in [0.1, 0.15) is 22.3 Å². The van der Waals surface area contributed by atoms with Crippen molar-refractivity contribution in [2.24, 2.45) is 5.92 Å². The van der Waals surface area contributed by atoms with Gasteiger partial charge in [-0.05, 0) is 24.3 Å². The molecule has 0 saturated carbocycles. The molecule has 0 aromatic heterocycles. The number of amides is 2. The number of anilines is 1. The number of Topliss-reactive ketones (excluding diaryl/α,β-unsaturated/α-hetero) is 1. The zero-order valence-corrected chi connectivity index (χ0v) is 14.0. The highest BCUT2D eigenvalue weighted by Crippen LogP contribution is 2.31. The van der Waals surface area contributed by atoms with Crippen molar-refractivity contribution in [1.29, 1.82) is 0 Å². The third-order valence-corrected chi connectivity index (χ3v) is 4.40. The molecule has 1 aliphatic heterocycles. The van der Waals surface area contributed by atoms with Gasteiger partial charge in [-0.3, -0.25) is 14.4 Å². The van der Waals surface area contributed by atoms with Crippen LogP contribution in [0.25, 0.3) is 0 Å². The first-order chi connectivity index (χ1) is 12.4. The predicted octanol–water partition coefficient (Wildman–Crippen LogP) is 2.45. The van der Waals surface area contributed by atoms with Crippen LogP contribution in [0.15, 0.2) is 42.5 Å². The van der Waals surface area contributed by atoms with Gasteiger partial charge >= 0.3 is 0 Å². The number of carbonyl (C=O) groups is 3. The highest BCUT2D eigenvalue weighted by Gasteiger charge is 2.37. The van der Waals surface area contributed by atoms with Crippen LogP contribution in [0.2, 0.25) is 0 Å². The number of nitrogens with one attached hydrogen (secondary N) is 1. The lowest BCUT2D eigenvalue weighted by Gasteiger charge is -2.23. The standard InChI is InChI=1S/C19H16F2N2O3/c1-22-19(26)12-9-17(24)23(10-13-14(20)6-4-7-15(13)21)16-8-3-2-5-11(16)18(12)25/h2-8,12H,9-10H2,1H3,(H,22,26). The number of benzene rings is 2. The monoisotopic (exact) mass is 358 g/mol. The Hall–Kier alpha value is -3.09. The molecule has 26 heavy (non-hydrogen) atoms. The van der Waals surface area contributed by atoms with Crippen LogP contribution >= 0.6 is 0 Å². The summed E-state index contributed by atoms with van der Waals surface area (Å²) in [4.78, 5) is 38.6. The summed E-state index contributed by atoms with van der Waals surface area (Å²) in [7, 11) is 1.38. The fourth-order valence-corrected chi connectivity index (χ4v) is 3.02. The van der Waals surface area contributed by atoms with Gasteiger partial charge in [0.1, 0.15) is 17.6 Å². The van der Waals surface area contributed by atoms with E-state index in [1.54, 1.807) is 12.1 Å². The molecule has 1 heterocycles. The molecule has 0 saturated heterocycles. The van der Waals surface area contributed by atoms with Crippen molar-refractivity contribution in [2.45, 2.75) is 13.0 Å². The van der Waals surface area contributed by atoms with Crippen LogP contribution in [0.3, 0.4) is 0 Å². The van der Waals surface area contributed by atoms with Crippen LogP contribution < -0.4 is 10.2 Å². The molecule has 7 heteroatoms. The summed E-state index contributed by atoms with van der Waals surface area (Å²) in [6, 6.07) is 9.68. The number of hydrogen-bond acceptors (Lipinski definition) is 3. The molecule has 0 radical (unpaired) electrons. The van der Waals surface area contributed by atoms with Gasteiger partial charge in [-0.2, -0.15) is 0 Å². The van der Waals surface area contributed by atoms with Gasteiger partial charge < -0.3 is 10.2 Å². The highest BCUT2D eigenvalue weighted by molar-refractivity contribution is 6.18. The van der Waals surface area contributed by atoms with Gasteiger partial charge in [-0.1, -0.05) is 18.2 Å². The van der Waals surface area contributed by atoms with Crippen LogP contribution in [-0.2, 0) is 16.1 Å². The number of halogens is 2. The summed E-state index contributed by atoms with van der Waals surface area (Å²) in [6.45, 7) is -0.373. The Kier molecular flexibility index (Phi) is 4.79. The Morgan fingerprint density at radius 2 is 1.77 bits per heavy atom. The van der Waals surface area contributed by atoms with E-state index in [-0.39, 0.29) is 29.8 Å². The van der Waals surface area contributed by atoms with Gasteiger partial charge in [0, 0.05) is 24.6 Å². The fourth-order valence-electron chi connectivity index (χ4n) is 3.02. The first-order valence-electron chi connectivity index (χ1n) is 8.02. The Balaban J connectivity index is 2.09. The third kappa shape index (κ3) is 3.08. The van der Waals surface area contributed by atoms with Crippen LogP contribution in [0.4, 0.5) is 14.5 Å². The Morgan fingerprint density at radius 3 is 2.42 bits per heavy atom. The van der Waals surface area contributed by atoms with E-state index in [1.807, 2.05) is 0 Å². The van der Waals surface area contributed by atoms with E-state index in [2.05, 4.69) is 5.32 Å². The molecule has 1 unspecified atom stereocenters. The zero-order chi connectivity index (χ0) is 18.8. The summed E-state index contributed by atoms with van der Waals surface area (Å²) < 4.78 is 28.1. The van der Waals surface area contributed by atoms with Gasteiger partial charge in [-0.15, -0.1) is 0 Å². The maximum atomic E-state index is 14.0. The molecule has 1 N–H and O–H groups in total. The molecule has 2 aromatic rings. The molecule has 0 fully saturated rings. The molecule has 0 aliphatic carbocycles. The van der Waals surface area contributed by atoms with E-state index < -0.39 is 35.1 Å². The normalized spacial score (nSPS) is 16.9. The van der Waals surface area contributed by atoms with E-state index in [0.29, 0.717) is 0 Å². The molecule has 0 spiro atoms. The van der Waals surface area contributed by atoms with Crippen molar-refractivity contribution < 1.29 is 23.2 Å². The average Bonchev–Trinajstić information content (AvgIpc) is 2.74. The number of nitrogens with zero attached hydrogens (tertiary/aromatic N) is 1. The lowest BCUT2D eigenvalue weighted by Crippen LogP contribution is -2.36. The largest absolute Gasteiger partial charge is 0.359 e. The minimum Gasteiger partial charge on any atom is -0.359 e. The summed E-state index contributed by atoms with van der Waals surface area (Å²) in [6.07, 6.45) is -0.372. The summed E-state index contributed by atoms with van der Waals surface area (Å²) in [5, 5.41) is 2.38. The summed E-state index contributed by atoms with van der Waals surface area (Å²) in [5.74, 6) is -4.37. The van der Waals surface area contributed by atoms with Crippen molar-refractivity contribution in [3.63, 3.8) is 0 Å². The Bertz CT molecular complexity index is 878. The first-order valence-corrected chi connectivity index (χ1v) is 8.02. The second-order valence-corrected chi connectivity index (χ2v) is 5.93. The number of para-hydroxylation sites is 1. The lowest BCUT2D eigenvalue weighted by molar-refractivity contribution is -0.127. The van der Waals surface area contributed by atoms with E-state index >= 15 is 0 Å². The SMILES string of the molecule is CNC(=O)C1CC(=O)N(Cc2c(F)cccc2F)c2ccccc2C1=O. The topological polar surface area (TPSA) is 66.5 Å². The quantitative estimate of drug-likeness (QED) is 0.857. The second kappa shape index (κ2) is 7.03. The maximum absolute atomic E-state index is 14.0. The number of rotatable bonds is 3. The van der Waals surface area contributed by atoms with Gasteiger partial charge in [0.25, 0.3) is 0 Å². The molecule has 0 bridgehead atoms. The minimum atomic E-state index is -1.18. The number of ketones is 1. The third-order valence-electron chi connectivity index (χ3n) is 4.40. The summed E-state index contributed by atoms with van der Waals surface area (Å²) in [5.41, 5.74) is 0.127. The zero-order valence-electron chi connectivity index (χ0n) is 14.0. The van der Waals surface area contributed by atoms with Gasteiger partial charge in [0.15, 0.2) is 5.78 Å². The smallest absolute Gasteiger partial charge is 0.231 e. The molecular formula is C19H16F2N2O3. The molecule has 3 rings (SSSR count). The van der Waals surface area contributed by atoms with Crippen molar-refractivity contribution >= 4 is 23.3 Å². The number of carbonyl (C=O) groups excluding carboxylic acids is 3. The van der Waals surface area contributed by atoms with Crippen molar-refractivity contribution in [3.05, 3.63) is 65.2 Å². The number of hydrogen-bond donors (Lipinski definition) is 1. The summed E-state index contributed by atoms with van der Waals surface area (Å²) >= 11 is 0. The number of fused-ring (bicyclic) bond motifs is 1. The van der Waals surface area contributed by atoms with Crippen molar-refractivity contribution in [3.8, 4) is 0 Å². The van der Waals surface area contributed by atoms with E-state index in [1.165, 1.54) is 25.2 Å². The molecule has 1 aliphatic rings. The molecule has 1 atom stereocenters. The van der Waals surface area contributed by atoms with E-state index in [9.17, 15) is 23.2 Å². The Labute approximate surface area is 148 Å². The second-order valence-electron chi connectivity index (χ2n) is 5.93. The molecular weight excluding hydrogens is 342 g/mol. The average molecular weight is 358 g/mol. The minimum absolute atomic E-state index is 0.170. The van der Waals surface area contributed by atoms with Crippen LogP contribution in [-0.4, -0.2) is 24.6 Å². The van der Waals surface area contributed by atoms with Crippen molar-refractivity contribution in [1.82, 2.24) is 5.32 Å². The van der Waals surface area contributed by atoms with E-state index in [4.69, 9.17) is 0 Å². The van der Waals surface area contributed by atoms with E-state index in [0.717, 1.165) is 17.0 Å². The lowest BCUT2D eigenvalue weighted by atomic mass is 9.94. The van der Waals surface area contributed by atoms with Gasteiger partial charge in [0.2, 0.25) is 11.8 Å². The van der Waals surface area contributed by atoms with Gasteiger partial charge in [0.05, 0.1) is 12.2 Å². The Morgan fingerprint density at radius 1 is 1.12 bits per heavy atom. The van der Waals surface area contributed by atoms with Crippen molar-refractivity contribution in [2.75, 3.05) is 11.9 Å².